The number of aromatic hydroxyl groups is 4. The number of hydrogen-bond acceptors (Lipinski definition) is 10. The Bertz CT molecular complexity index is 3600. The quantitative estimate of drug-likeness (QED) is 0.0279. The third-order valence-electron chi connectivity index (χ3n) is 16.9. The molecule has 0 saturated heterocycles. The summed E-state index contributed by atoms with van der Waals surface area (Å²) in [6, 6.07) is 75.8. The first-order valence-corrected chi connectivity index (χ1v) is 32.3. The molecular formula is C81H95N3O7. The van der Waals surface area contributed by atoms with Gasteiger partial charge in [-0.15, -0.1) is 0 Å². The van der Waals surface area contributed by atoms with Crippen molar-refractivity contribution < 1.29 is 34.6 Å². The molecule has 10 heteroatoms. The summed E-state index contributed by atoms with van der Waals surface area (Å²) < 4.78 is 17.8. The van der Waals surface area contributed by atoms with Crippen LogP contribution in [0.15, 0.2) is 231 Å². The third-order valence-corrected chi connectivity index (χ3v) is 16.9. The highest BCUT2D eigenvalue weighted by atomic mass is 16.5. The second-order valence-electron chi connectivity index (χ2n) is 22.5. The number of rotatable bonds is 28. The number of benzene rings is 9. The van der Waals surface area contributed by atoms with E-state index in [1.54, 1.807) is 30.3 Å². The molecule has 0 heterocycles. The summed E-state index contributed by atoms with van der Waals surface area (Å²) in [7, 11) is 0. The molecule has 0 saturated carbocycles. The van der Waals surface area contributed by atoms with Crippen molar-refractivity contribution in [3.8, 4) is 40.2 Å². The van der Waals surface area contributed by atoms with E-state index in [1.807, 2.05) is 115 Å². The number of phenols is 4. The smallest absolute Gasteiger partial charge is 0.157 e. The molecule has 0 aliphatic heterocycles. The summed E-state index contributed by atoms with van der Waals surface area (Å²) in [4.78, 5) is 7.04. The topological polar surface area (TPSA) is 118 Å². The molecule has 0 fully saturated rings. The Hall–Kier alpha value is -9.06. The molecule has 9 aromatic carbocycles. The molecule has 0 radical (unpaired) electrons. The predicted molar refractivity (Wildman–Crippen MR) is 378 cm³/mol. The second kappa shape index (κ2) is 36.6. The molecule has 0 bridgehead atoms. The van der Waals surface area contributed by atoms with Crippen LogP contribution in [0.25, 0.3) is 22.3 Å². The maximum absolute atomic E-state index is 10.1. The minimum atomic E-state index is -0.105. The van der Waals surface area contributed by atoms with E-state index >= 15 is 0 Å². The van der Waals surface area contributed by atoms with E-state index in [2.05, 4.69) is 162 Å². The van der Waals surface area contributed by atoms with Crippen molar-refractivity contribution >= 4 is 22.3 Å². The van der Waals surface area contributed by atoms with Crippen LogP contribution in [0.4, 0.5) is 0 Å². The van der Waals surface area contributed by atoms with E-state index in [4.69, 9.17) is 14.2 Å². The van der Waals surface area contributed by atoms with Crippen molar-refractivity contribution in [1.29, 1.82) is 0 Å². The number of phenolic OH excluding ortho intramolecular Hbond substituents is 4. The Morgan fingerprint density at radius 3 is 1.12 bits per heavy atom. The number of ether oxygens (including phenoxy) is 3. The van der Waals surface area contributed by atoms with Crippen LogP contribution in [0.3, 0.4) is 0 Å². The summed E-state index contributed by atoms with van der Waals surface area (Å²) in [5.74, 6) is 3.17. The Kier molecular flexibility index (Phi) is 27.9. The van der Waals surface area contributed by atoms with Crippen LogP contribution in [-0.4, -0.2) is 114 Å². The summed E-state index contributed by atoms with van der Waals surface area (Å²) in [5.41, 5.74) is 14.6. The standard InChI is InChI=1S/C27H33NO3.2C27H31NO2/c1-4-28(5-2)17-18-31-24-14-11-22(12-15-24)27(20(3)21-9-7-6-8-10-21)23-13-16-25(29)26(30)19-23;1-4-28(5-2)18-19-30-26-16-14-23(15-17-26)27(24-12-9-13-25(29)20-24)21(3)22-10-7-6-8-11-22;1-4-28(5-2)19-20-30-26-17-13-24(14-18-26)27(23-9-7-6-8-10-23)21(3)22-11-15-25(29)16-12-22/h6-16,19-20,27,29-30H,4-5,17-18H2,1-3H3;6-17,20,29H,4-5,18-19H2,1-3H3;6-18,29H,4-5,19-20H2,1-3H3/b;27-21+;27-21-. The first-order valence-electron chi connectivity index (χ1n) is 32.3. The maximum Gasteiger partial charge on any atom is 0.157 e. The van der Waals surface area contributed by atoms with Gasteiger partial charge in [-0.1, -0.05) is 206 Å². The first-order chi connectivity index (χ1) is 44.3. The van der Waals surface area contributed by atoms with Crippen LogP contribution >= 0.6 is 0 Å². The van der Waals surface area contributed by atoms with Gasteiger partial charge < -0.3 is 49.3 Å². The molecule has 9 aromatic rings. The van der Waals surface area contributed by atoms with E-state index < -0.39 is 0 Å². The van der Waals surface area contributed by atoms with E-state index in [-0.39, 0.29) is 34.8 Å². The lowest BCUT2D eigenvalue weighted by Crippen LogP contribution is -2.27. The Labute approximate surface area is 542 Å². The van der Waals surface area contributed by atoms with Gasteiger partial charge in [0.1, 0.15) is 48.6 Å². The number of hydrogen-bond donors (Lipinski definition) is 4. The Morgan fingerprint density at radius 2 is 0.692 bits per heavy atom. The molecule has 0 amide bonds. The fourth-order valence-electron chi connectivity index (χ4n) is 11.3. The summed E-state index contributed by atoms with van der Waals surface area (Å²) in [5, 5.41) is 39.6. The summed E-state index contributed by atoms with van der Waals surface area (Å²) in [6.07, 6.45) is 0. The molecule has 2 atom stereocenters. The van der Waals surface area contributed by atoms with Gasteiger partial charge in [-0.05, 0) is 204 Å². The molecule has 476 valence electrons. The average molecular weight is 1220 g/mol. The van der Waals surface area contributed by atoms with E-state index in [9.17, 15) is 20.4 Å². The highest BCUT2D eigenvalue weighted by molar-refractivity contribution is 5.99. The fraction of sp³-hybridized carbons (Fsp3) is 0.284. The fourth-order valence-corrected chi connectivity index (χ4v) is 11.3. The molecule has 2 unspecified atom stereocenters. The van der Waals surface area contributed by atoms with Gasteiger partial charge >= 0.3 is 0 Å². The monoisotopic (exact) mass is 1220 g/mol. The average Bonchev–Trinajstić information content (AvgIpc) is 1.96. The summed E-state index contributed by atoms with van der Waals surface area (Å²) in [6.45, 7) is 30.5. The van der Waals surface area contributed by atoms with Gasteiger partial charge in [0, 0.05) is 25.6 Å². The molecule has 0 aliphatic rings. The van der Waals surface area contributed by atoms with Gasteiger partial charge in [0.2, 0.25) is 0 Å². The Balaban J connectivity index is 0.000000194. The van der Waals surface area contributed by atoms with E-state index in [1.165, 1.54) is 16.7 Å². The highest BCUT2D eigenvalue weighted by Gasteiger charge is 2.24. The second-order valence-corrected chi connectivity index (χ2v) is 22.5. The number of allylic oxidation sites excluding steroid dienone is 2. The zero-order valence-corrected chi connectivity index (χ0v) is 54.9. The summed E-state index contributed by atoms with van der Waals surface area (Å²) >= 11 is 0. The van der Waals surface area contributed by atoms with Crippen molar-refractivity contribution in [2.24, 2.45) is 0 Å². The van der Waals surface area contributed by atoms with E-state index in [0.717, 1.165) is 132 Å². The molecule has 91 heavy (non-hydrogen) atoms. The van der Waals surface area contributed by atoms with Crippen molar-refractivity contribution in [2.75, 3.05) is 78.7 Å². The Morgan fingerprint density at radius 1 is 0.330 bits per heavy atom. The first kappa shape index (κ1) is 69.4. The normalized spacial score (nSPS) is 12.4. The van der Waals surface area contributed by atoms with Gasteiger partial charge in [-0.25, -0.2) is 0 Å². The molecule has 10 nitrogen and oxygen atoms in total. The van der Waals surface area contributed by atoms with Crippen LogP contribution in [-0.2, 0) is 0 Å². The van der Waals surface area contributed by atoms with Crippen molar-refractivity contribution in [3.05, 3.63) is 281 Å². The van der Waals surface area contributed by atoms with Crippen molar-refractivity contribution in [1.82, 2.24) is 14.7 Å². The zero-order valence-electron chi connectivity index (χ0n) is 54.9. The maximum atomic E-state index is 10.1. The number of likely N-dealkylation sites (N-methyl/N-ethyl adjacent to an activating group) is 3. The molecule has 0 aliphatic carbocycles. The minimum absolute atomic E-state index is 0.0265. The molecule has 0 spiro atoms. The third kappa shape index (κ3) is 20.7. The van der Waals surface area contributed by atoms with Gasteiger partial charge in [-0.2, -0.15) is 0 Å². The molecule has 4 N–H and O–H groups in total. The zero-order chi connectivity index (χ0) is 64.9. The SMILES string of the molecule is CCN(CC)CCOc1ccc(/C(=C(/C)c2ccc(O)cc2)c2ccccc2)cc1.CCN(CC)CCOc1ccc(/C(=C(/C)c2ccccc2)c2cccc(O)c2)cc1.CCN(CC)CCOc1ccc(C(c2ccc(O)c(O)c2)C(C)c2ccccc2)cc1. The van der Waals surface area contributed by atoms with E-state index in [0.29, 0.717) is 19.8 Å². The van der Waals surface area contributed by atoms with Gasteiger partial charge in [0.15, 0.2) is 11.5 Å². The molecule has 9 rings (SSSR count). The van der Waals surface area contributed by atoms with Crippen molar-refractivity contribution in [3.63, 3.8) is 0 Å². The van der Waals surface area contributed by atoms with Crippen LogP contribution < -0.4 is 14.2 Å². The van der Waals surface area contributed by atoms with Crippen LogP contribution in [0, 0.1) is 0 Å². The van der Waals surface area contributed by atoms with Crippen molar-refractivity contribution in [2.45, 2.75) is 74.1 Å². The van der Waals surface area contributed by atoms with Crippen LogP contribution in [0.5, 0.6) is 40.2 Å². The van der Waals surface area contributed by atoms with Crippen LogP contribution in [0.2, 0.25) is 0 Å². The van der Waals surface area contributed by atoms with Gasteiger partial charge in [0.25, 0.3) is 0 Å². The molecule has 0 aromatic heterocycles. The molecular weight excluding hydrogens is 1130 g/mol. The lowest BCUT2D eigenvalue weighted by atomic mass is 9.78. The number of nitrogens with zero attached hydrogens (tertiary/aromatic N) is 3. The minimum Gasteiger partial charge on any atom is -0.508 e. The highest BCUT2D eigenvalue weighted by Crippen LogP contribution is 2.42. The van der Waals surface area contributed by atoms with Gasteiger partial charge in [-0.3, -0.25) is 0 Å². The largest absolute Gasteiger partial charge is 0.508 e. The van der Waals surface area contributed by atoms with Gasteiger partial charge in [0.05, 0.1) is 0 Å². The predicted octanol–water partition coefficient (Wildman–Crippen LogP) is 17.9. The van der Waals surface area contributed by atoms with Crippen LogP contribution in [0.1, 0.15) is 124 Å². The lowest BCUT2D eigenvalue weighted by Gasteiger charge is -2.26. The lowest BCUT2D eigenvalue weighted by molar-refractivity contribution is 0.222.